The van der Waals surface area contributed by atoms with Crippen LogP contribution in [0, 0.1) is 17.9 Å². The van der Waals surface area contributed by atoms with Crippen LogP contribution in [0.15, 0.2) is 71.1 Å². The molecule has 13 heteroatoms. The highest BCUT2D eigenvalue weighted by atomic mass is 35.5. The number of nitrogens with zero attached hydrogens (tertiary/aromatic N) is 4. The Kier molecular flexibility index (Phi) is 10.1. The molecule has 2 aromatic heterocycles. The van der Waals surface area contributed by atoms with Crippen LogP contribution in [-0.4, -0.2) is 40.2 Å². The number of aliphatic carboxylic acids is 1. The van der Waals surface area contributed by atoms with Crippen LogP contribution in [0.25, 0.3) is 26.5 Å². The molecular formula is C29H20ClN5O5S2. The highest BCUT2D eigenvalue weighted by Crippen LogP contribution is 2.42. The number of carboxylic acid groups (broad SMARTS) is 1. The largest absolute Gasteiger partial charge is 0.490 e. The zero-order valence-corrected chi connectivity index (χ0v) is 24.0. The lowest BCUT2D eigenvalue weighted by atomic mass is 10.00. The second kappa shape index (κ2) is 14.1. The molecular weight excluding hydrogens is 598 g/mol. The standard InChI is InChI=1S/C29H20ClN5O5S2/c1-33-26-25(17-4-8-21(9-5-17)39-12-13-40-24(38)11-10-23(36)37)22(14-31)29(35-27(26)32)42-16-20-15-41-28(34-20)18-2-6-19(30)7-3-18/h2-11,15H,12-13,16H2,(H2,32,35)(H,36,37)/b11-10-. The summed E-state index contributed by atoms with van der Waals surface area (Å²) in [6, 6.07) is 16.3. The number of carbonyl (C=O) groups excluding carboxylic acids is 1. The van der Waals surface area contributed by atoms with Gasteiger partial charge in [0, 0.05) is 39.4 Å². The number of anilines is 1. The van der Waals surface area contributed by atoms with E-state index in [9.17, 15) is 14.9 Å². The van der Waals surface area contributed by atoms with E-state index in [0.717, 1.165) is 22.3 Å². The summed E-state index contributed by atoms with van der Waals surface area (Å²) in [6.07, 6.45) is 1.49. The summed E-state index contributed by atoms with van der Waals surface area (Å²) in [5.41, 5.74) is 9.15. The molecule has 0 spiro atoms. The van der Waals surface area contributed by atoms with Crippen LogP contribution in [0.1, 0.15) is 11.3 Å². The van der Waals surface area contributed by atoms with Crippen LogP contribution in [0.4, 0.5) is 11.5 Å². The SMILES string of the molecule is [C-]#[N+]c1c(N)nc(SCc2csc(-c3ccc(Cl)cc3)n2)c(C#N)c1-c1ccc(OCCOC(=O)/C=C\C(=O)O)cc1. The minimum absolute atomic E-state index is 0.0146. The first-order chi connectivity index (χ1) is 20.3. The monoisotopic (exact) mass is 617 g/mol. The minimum atomic E-state index is -1.26. The van der Waals surface area contributed by atoms with Gasteiger partial charge < -0.3 is 20.3 Å². The molecule has 0 bridgehead atoms. The Balaban J connectivity index is 1.48. The Labute approximate surface area is 253 Å². The highest BCUT2D eigenvalue weighted by Gasteiger charge is 2.21. The molecule has 0 atom stereocenters. The second-order valence-electron chi connectivity index (χ2n) is 8.28. The van der Waals surface area contributed by atoms with Crippen LogP contribution < -0.4 is 10.5 Å². The molecule has 210 valence electrons. The number of hydrogen-bond donors (Lipinski definition) is 2. The smallest absolute Gasteiger partial charge is 0.331 e. The zero-order valence-electron chi connectivity index (χ0n) is 21.6. The van der Waals surface area contributed by atoms with Crippen molar-refractivity contribution >= 4 is 58.1 Å². The van der Waals surface area contributed by atoms with Gasteiger partial charge >= 0.3 is 11.9 Å². The van der Waals surface area contributed by atoms with Gasteiger partial charge in [0.25, 0.3) is 0 Å². The third-order valence-electron chi connectivity index (χ3n) is 5.49. The van der Waals surface area contributed by atoms with E-state index in [1.54, 1.807) is 36.4 Å². The average molecular weight is 618 g/mol. The van der Waals surface area contributed by atoms with E-state index in [2.05, 4.69) is 20.9 Å². The molecule has 0 radical (unpaired) electrons. The van der Waals surface area contributed by atoms with Crippen molar-refractivity contribution in [1.82, 2.24) is 9.97 Å². The Morgan fingerprint density at radius 2 is 1.83 bits per heavy atom. The van der Waals surface area contributed by atoms with Crippen molar-refractivity contribution in [3.8, 4) is 33.5 Å². The number of esters is 1. The summed E-state index contributed by atoms with van der Waals surface area (Å²) >= 11 is 8.78. The Morgan fingerprint density at radius 1 is 1.12 bits per heavy atom. The molecule has 0 aliphatic heterocycles. The lowest BCUT2D eigenvalue weighted by molar-refractivity contribution is -0.139. The first-order valence-corrected chi connectivity index (χ1v) is 14.3. The van der Waals surface area contributed by atoms with Gasteiger partial charge in [0.1, 0.15) is 40.9 Å². The fourth-order valence-electron chi connectivity index (χ4n) is 3.62. The molecule has 0 aliphatic carbocycles. The van der Waals surface area contributed by atoms with Crippen molar-refractivity contribution in [1.29, 1.82) is 5.26 Å². The minimum Gasteiger partial charge on any atom is -0.490 e. The van der Waals surface area contributed by atoms with Gasteiger partial charge in [-0.1, -0.05) is 47.6 Å². The number of carbonyl (C=O) groups is 2. The van der Waals surface area contributed by atoms with E-state index in [-0.39, 0.29) is 30.3 Å². The van der Waals surface area contributed by atoms with E-state index < -0.39 is 11.9 Å². The van der Waals surface area contributed by atoms with Crippen LogP contribution in [0.3, 0.4) is 0 Å². The number of nitriles is 1. The first kappa shape index (κ1) is 30.1. The molecule has 2 heterocycles. The maximum Gasteiger partial charge on any atom is 0.331 e. The van der Waals surface area contributed by atoms with E-state index in [4.69, 9.17) is 38.5 Å². The zero-order chi connectivity index (χ0) is 30.1. The van der Waals surface area contributed by atoms with Gasteiger partial charge in [-0.2, -0.15) is 5.26 Å². The third kappa shape index (κ3) is 7.65. The number of carboxylic acids is 1. The van der Waals surface area contributed by atoms with Gasteiger partial charge in [-0.05, 0) is 29.8 Å². The number of aromatic nitrogens is 2. The van der Waals surface area contributed by atoms with E-state index in [1.807, 2.05) is 17.5 Å². The maximum absolute atomic E-state index is 11.4. The number of thiazole rings is 1. The van der Waals surface area contributed by atoms with Crippen molar-refractivity contribution < 1.29 is 24.2 Å². The summed E-state index contributed by atoms with van der Waals surface area (Å²) in [5, 5.41) is 22.4. The second-order valence-corrected chi connectivity index (χ2v) is 10.5. The Bertz CT molecular complexity index is 1730. The first-order valence-electron chi connectivity index (χ1n) is 12.0. The van der Waals surface area contributed by atoms with Gasteiger partial charge in [-0.3, -0.25) is 0 Å². The van der Waals surface area contributed by atoms with Crippen molar-refractivity contribution in [2.75, 3.05) is 18.9 Å². The van der Waals surface area contributed by atoms with Crippen LogP contribution in [0.5, 0.6) is 5.75 Å². The van der Waals surface area contributed by atoms with Crippen molar-refractivity contribution in [3.05, 3.63) is 93.8 Å². The van der Waals surface area contributed by atoms with Crippen LogP contribution >= 0.6 is 34.7 Å². The molecule has 0 amide bonds. The molecule has 3 N–H and O–H groups in total. The van der Waals surface area contributed by atoms with Crippen LogP contribution in [0.2, 0.25) is 5.02 Å². The summed E-state index contributed by atoms with van der Waals surface area (Å²) in [6.45, 7) is 7.60. The number of thioether (sulfide) groups is 1. The van der Waals surface area contributed by atoms with Gasteiger partial charge in [0.15, 0.2) is 0 Å². The normalized spacial score (nSPS) is 10.6. The average Bonchev–Trinajstić information content (AvgIpc) is 3.46. The van der Waals surface area contributed by atoms with Gasteiger partial charge in [-0.15, -0.1) is 11.3 Å². The highest BCUT2D eigenvalue weighted by molar-refractivity contribution is 7.98. The summed E-state index contributed by atoms with van der Waals surface area (Å²) in [5.74, 6) is -1.15. The van der Waals surface area contributed by atoms with Crippen molar-refractivity contribution in [2.24, 2.45) is 0 Å². The molecule has 10 nitrogen and oxygen atoms in total. The van der Waals surface area contributed by atoms with Gasteiger partial charge in [0.2, 0.25) is 5.69 Å². The molecule has 4 aromatic rings. The number of hydrogen-bond acceptors (Lipinski definition) is 10. The van der Waals surface area contributed by atoms with Crippen molar-refractivity contribution in [3.63, 3.8) is 0 Å². The fourth-order valence-corrected chi connectivity index (χ4v) is 5.57. The molecule has 0 aliphatic rings. The molecule has 0 unspecified atom stereocenters. The lowest BCUT2D eigenvalue weighted by Crippen LogP contribution is -2.10. The number of halogens is 1. The van der Waals surface area contributed by atoms with Gasteiger partial charge in [-0.25, -0.2) is 24.4 Å². The third-order valence-corrected chi connectivity index (χ3v) is 7.69. The number of nitrogens with two attached hydrogens (primary N) is 1. The predicted octanol–water partition coefficient (Wildman–Crippen LogP) is 6.39. The Hall–Kier alpha value is -4.88. The lowest BCUT2D eigenvalue weighted by Gasteiger charge is -2.13. The summed E-state index contributed by atoms with van der Waals surface area (Å²) < 4.78 is 10.4. The molecule has 0 saturated heterocycles. The maximum atomic E-state index is 11.4. The summed E-state index contributed by atoms with van der Waals surface area (Å²) in [4.78, 5) is 34.5. The van der Waals surface area contributed by atoms with E-state index >= 15 is 0 Å². The summed E-state index contributed by atoms with van der Waals surface area (Å²) in [7, 11) is 0. The number of pyridine rings is 1. The number of rotatable bonds is 11. The molecule has 2 aromatic carbocycles. The molecule has 0 saturated carbocycles. The fraction of sp³-hybridized carbons (Fsp3) is 0.103. The topological polar surface area (TPSA) is 153 Å². The molecule has 42 heavy (non-hydrogen) atoms. The van der Waals surface area contributed by atoms with E-state index in [0.29, 0.717) is 38.8 Å². The predicted molar refractivity (Wildman–Crippen MR) is 160 cm³/mol. The van der Waals surface area contributed by atoms with E-state index in [1.165, 1.54) is 23.1 Å². The molecule has 4 rings (SSSR count). The Morgan fingerprint density at radius 3 is 2.50 bits per heavy atom. The van der Waals surface area contributed by atoms with Crippen LogP contribution in [-0.2, 0) is 20.1 Å². The number of ether oxygens (including phenoxy) is 2. The van der Waals surface area contributed by atoms with Gasteiger partial charge in [0.05, 0.1) is 17.8 Å². The van der Waals surface area contributed by atoms with Crippen molar-refractivity contribution in [2.45, 2.75) is 10.8 Å². The quantitative estimate of drug-likeness (QED) is 0.0636. The molecule has 0 fully saturated rings. The number of benzene rings is 2. The number of nitrogen functional groups attached to an aromatic ring is 1.